The molecule has 0 saturated heterocycles. The van der Waals surface area contributed by atoms with Crippen LogP contribution < -0.4 is 10.5 Å². The Bertz CT molecular complexity index is 255. The summed E-state index contributed by atoms with van der Waals surface area (Å²) in [6.45, 7) is 1.96. The molecular weight excluding hydrogens is 154 g/mol. The lowest BCUT2D eigenvalue weighted by Gasteiger charge is -2.07. The first kappa shape index (κ1) is 9.06. The maximum Gasteiger partial charge on any atom is 0.159 e. The lowest BCUT2D eigenvalue weighted by atomic mass is 10.2. The number of nitrogens with two attached hydrogens (primary N) is 1. The number of rotatable bonds is 3. The molecule has 0 aliphatic heterocycles. The van der Waals surface area contributed by atoms with Crippen LogP contribution in [-0.2, 0) is 13.5 Å². The molecule has 0 aromatic carbocycles. The second kappa shape index (κ2) is 3.58. The minimum absolute atomic E-state index is 0.134. The molecule has 0 aliphatic carbocycles. The molecule has 4 heteroatoms. The van der Waals surface area contributed by atoms with Gasteiger partial charge in [0.25, 0.3) is 0 Å². The second-order valence-corrected chi connectivity index (χ2v) is 2.96. The minimum atomic E-state index is 0.134. The van der Waals surface area contributed by atoms with Crippen LogP contribution in [0.1, 0.15) is 12.6 Å². The zero-order valence-electron chi connectivity index (χ0n) is 7.74. The van der Waals surface area contributed by atoms with E-state index < -0.39 is 0 Å². The third kappa shape index (κ3) is 1.76. The van der Waals surface area contributed by atoms with Gasteiger partial charge in [0, 0.05) is 19.5 Å². The summed E-state index contributed by atoms with van der Waals surface area (Å²) in [5, 5.41) is 4.08. The lowest BCUT2D eigenvalue weighted by Crippen LogP contribution is -2.20. The molecule has 1 atom stereocenters. The number of methoxy groups -OCH3 is 1. The maximum absolute atomic E-state index is 5.68. The third-order valence-electron chi connectivity index (χ3n) is 1.76. The summed E-state index contributed by atoms with van der Waals surface area (Å²) in [6, 6.07) is 0.134. The summed E-state index contributed by atoms with van der Waals surface area (Å²) in [4.78, 5) is 0. The molecule has 0 saturated carbocycles. The largest absolute Gasteiger partial charge is 0.493 e. The van der Waals surface area contributed by atoms with Crippen molar-refractivity contribution in [2.75, 3.05) is 7.11 Å². The first-order chi connectivity index (χ1) is 5.65. The summed E-state index contributed by atoms with van der Waals surface area (Å²) < 4.78 is 6.92. The Kier molecular flexibility index (Phi) is 2.70. The van der Waals surface area contributed by atoms with Crippen LogP contribution in [0, 0.1) is 0 Å². The molecule has 1 unspecified atom stereocenters. The van der Waals surface area contributed by atoms with Crippen molar-refractivity contribution in [3.8, 4) is 5.75 Å². The molecule has 4 nitrogen and oxygen atoms in total. The van der Waals surface area contributed by atoms with Gasteiger partial charge in [0.2, 0.25) is 0 Å². The predicted molar refractivity (Wildman–Crippen MR) is 47.1 cm³/mol. The lowest BCUT2D eigenvalue weighted by molar-refractivity contribution is 0.406. The van der Waals surface area contributed by atoms with Gasteiger partial charge in [-0.1, -0.05) is 0 Å². The first-order valence-electron chi connectivity index (χ1n) is 3.95. The van der Waals surface area contributed by atoms with Crippen LogP contribution in [-0.4, -0.2) is 22.9 Å². The van der Waals surface area contributed by atoms with Crippen molar-refractivity contribution in [1.29, 1.82) is 0 Å². The zero-order chi connectivity index (χ0) is 9.14. The molecular formula is C8H15N3O. The van der Waals surface area contributed by atoms with E-state index in [1.807, 2.05) is 14.0 Å². The highest BCUT2D eigenvalue weighted by Crippen LogP contribution is 2.17. The van der Waals surface area contributed by atoms with Crippen molar-refractivity contribution in [3.05, 3.63) is 11.9 Å². The normalized spacial score (nSPS) is 13.0. The highest BCUT2D eigenvalue weighted by Gasteiger charge is 2.09. The predicted octanol–water partition coefficient (Wildman–Crippen LogP) is 0.318. The summed E-state index contributed by atoms with van der Waals surface area (Å²) >= 11 is 0. The van der Waals surface area contributed by atoms with Crippen LogP contribution in [0.15, 0.2) is 6.20 Å². The van der Waals surface area contributed by atoms with Crippen molar-refractivity contribution < 1.29 is 4.74 Å². The fourth-order valence-electron chi connectivity index (χ4n) is 1.15. The SMILES string of the molecule is COc1cnn(C)c1CC(C)N. The zero-order valence-corrected chi connectivity index (χ0v) is 7.74. The molecule has 0 fully saturated rings. The number of aryl methyl sites for hydroxylation is 1. The van der Waals surface area contributed by atoms with Gasteiger partial charge in [0.1, 0.15) is 0 Å². The van der Waals surface area contributed by atoms with Gasteiger partial charge in [-0.15, -0.1) is 0 Å². The Morgan fingerprint density at radius 2 is 2.42 bits per heavy atom. The van der Waals surface area contributed by atoms with Crippen molar-refractivity contribution >= 4 is 0 Å². The molecule has 0 radical (unpaired) electrons. The number of ether oxygens (including phenoxy) is 1. The summed E-state index contributed by atoms with van der Waals surface area (Å²) in [6.07, 6.45) is 2.50. The first-order valence-corrected chi connectivity index (χ1v) is 3.95. The number of aromatic nitrogens is 2. The van der Waals surface area contributed by atoms with E-state index in [1.165, 1.54) is 0 Å². The maximum atomic E-state index is 5.68. The van der Waals surface area contributed by atoms with E-state index in [2.05, 4.69) is 5.10 Å². The molecule has 1 aromatic heterocycles. The van der Waals surface area contributed by atoms with Gasteiger partial charge in [-0.05, 0) is 6.92 Å². The van der Waals surface area contributed by atoms with E-state index in [0.717, 1.165) is 17.9 Å². The van der Waals surface area contributed by atoms with E-state index in [0.29, 0.717) is 0 Å². The average molecular weight is 169 g/mol. The Hall–Kier alpha value is -1.03. The number of hydrogen-bond acceptors (Lipinski definition) is 3. The van der Waals surface area contributed by atoms with Gasteiger partial charge in [0.05, 0.1) is 19.0 Å². The number of hydrogen-bond donors (Lipinski definition) is 1. The van der Waals surface area contributed by atoms with Gasteiger partial charge in [0.15, 0.2) is 5.75 Å². The van der Waals surface area contributed by atoms with E-state index in [4.69, 9.17) is 10.5 Å². The van der Waals surface area contributed by atoms with Crippen molar-refractivity contribution in [2.45, 2.75) is 19.4 Å². The fraction of sp³-hybridized carbons (Fsp3) is 0.625. The monoisotopic (exact) mass is 169 g/mol. The fourth-order valence-corrected chi connectivity index (χ4v) is 1.15. The van der Waals surface area contributed by atoms with Gasteiger partial charge in [-0.2, -0.15) is 5.10 Å². The second-order valence-electron chi connectivity index (χ2n) is 2.96. The van der Waals surface area contributed by atoms with Crippen LogP contribution in [0.2, 0.25) is 0 Å². The van der Waals surface area contributed by atoms with Crippen molar-refractivity contribution in [2.24, 2.45) is 12.8 Å². The van der Waals surface area contributed by atoms with E-state index in [-0.39, 0.29) is 6.04 Å². The van der Waals surface area contributed by atoms with Crippen LogP contribution in [0.25, 0.3) is 0 Å². The van der Waals surface area contributed by atoms with Crippen molar-refractivity contribution in [1.82, 2.24) is 9.78 Å². The van der Waals surface area contributed by atoms with Crippen LogP contribution in [0.4, 0.5) is 0 Å². The Morgan fingerprint density at radius 3 is 2.92 bits per heavy atom. The Morgan fingerprint density at radius 1 is 1.75 bits per heavy atom. The molecule has 12 heavy (non-hydrogen) atoms. The van der Waals surface area contributed by atoms with Gasteiger partial charge in [-0.25, -0.2) is 0 Å². The molecule has 68 valence electrons. The molecule has 1 rings (SSSR count). The summed E-state index contributed by atoms with van der Waals surface area (Å²) in [5.74, 6) is 0.815. The minimum Gasteiger partial charge on any atom is -0.493 e. The number of nitrogens with zero attached hydrogens (tertiary/aromatic N) is 2. The topological polar surface area (TPSA) is 53.1 Å². The van der Waals surface area contributed by atoms with Crippen LogP contribution >= 0.6 is 0 Å². The van der Waals surface area contributed by atoms with E-state index in [9.17, 15) is 0 Å². The van der Waals surface area contributed by atoms with Gasteiger partial charge >= 0.3 is 0 Å². The molecule has 0 bridgehead atoms. The quantitative estimate of drug-likeness (QED) is 0.709. The summed E-state index contributed by atoms with van der Waals surface area (Å²) in [5.41, 5.74) is 6.73. The van der Waals surface area contributed by atoms with E-state index in [1.54, 1.807) is 18.0 Å². The molecule has 1 heterocycles. The molecule has 1 aromatic rings. The highest BCUT2D eigenvalue weighted by molar-refractivity contribution is 5.25. The third-order valence-corrected chi connectivity index (χ3v) is 1.76. The standard InChI is InChI=1S/C8H15N3O/c1-6(9)4-7-8(12-3)5-10-11(7)2/h5-6H,4,9H2,1-3H3. The summed E-state index contributed by atoms with van der Waals surface area (Å²) in [7, 11) is 3.53. The molecule has 0 spiro atoms. The Balaban J connectivity index is 2.86. The molecule has 2 N–H and O–H groups in total. The highest BCUT2D eigenvalue weighted by atomic mass is 16.5. The smallest absolute Gasteiger partial charge is 0.159 e. The van der Waals surface area contributed by atoms with Gasteiger partial charge < -0.3 is 10.5 Å². The molecule has 0 aliphatic rings. The van der Waals surface area contributed by atoms with Crippen molar-refractivity contribution in [3.63, 3.8) is 0 Å². The Labute approximate surface area is 72.3 Å². The van der Waals surface area contributed by atoms with Gasteiger partial charge in [-0.3, -0.25) is 4.68 Å². The average Bonchev–Trinajstić information content (AvgIpc) is 2.32. The van der Waals surface area contributed by atoms with Crippen LogP contribution in [0.5, 0.6) is 5.75 Å². The van der Waals surface area contributed by atoms with E-state index >= 15 is 0 Å². The van der Waals surface area contributed by atoms with Crippen LogP contribution in [0.3, 0.4) is 0 Å². The molecule has 0 amide bonds.